The van der Waals surface area contributed by atoms with Gasteiger partial charge in [-0.25, -0.2) is 0 Å². The van der Waals surface area contributed by atoms with Crippen LogP contribution in [0.1, 0.15) is 0 Å². The smallest absolute Gasteiger partial charge is 0.197 e. The van der Waals surface area contributed by atoms with Gasteiger partial charge < -0.3 is 4.57 Å². The first-order valence-corrected chi connectivity index (χ1v) is 7.84. The van der Waals surface area contributed by atoms with Gasteiger partial charge in [0.15, 0.2) is 5.43 Å². The van der Waals surface area contributed by atoms with Crippen LogP contribution >= 0.6 is 15.9 Å². The number of hydrogen-bond donors (Lipinski definition) is 0. The Morgan fingerprint density at radius 1 is 0.727 bits per heavy atom. The molecule has 4 rings (SSSR count). The van der Waals surface area contributed by atoms with Gasteiger partial charge in [-0.1, -0.05) is 36.4 Å². The summed E-state index contributed by atoms with van der Waals surface area (Å²) >= 11 is 3.61. The predicted octanol–water partition coefficient (Wildman–Crippen LogP) is 4.91. The van der Waals surface area contributed by atoms with Crippen molar-refractivity contribution in [2.45, 2.75) is 0 Å². The lowest BCUT2D eigenvalue weighted by molar-refractivity contribution is 1.16. The molecule has 0 aliphatic carbocycles. The summed E-state index contributed by atoms with van der Waals surface area (Å²) in [4.78, 5) is 12.8. The maximum absolute atomic E-state index is 12.8. The van der Waals surface area contributed by atoms with E-state index >= 15 is 0 Å². The SMILES string of the molecule is O=c1c2ccccc2n(-c2ccccc2)c2c(Br)cccc12. The van der Waals surface area contributed by atoms with E-state index in [1.165, 1.54) is 0 Å². The molecule has 0 fully saturated rings. The highest BCUT2D eigenvalue weighted by atomic mass is 79.9. The Balaban J connectivity index is 2.35. The highest BCUT2D eigenvalue weighted by molar-refractivity contribution is 9.10. The zero-order valence-corrected chi connectivity index (χ0v) is 13.2. The lowest BCUT2D eigenvalue weighted by Crippen LogP contribution is -2.10. The van der Waals surface area contributed by atoms with Crippen molar-refractivity contribution in [2.75, 3.05) is 0 Å². The van der Waals surface area contributed by atoms with E-state index in [0.29, 0.717) is 0 Å². The van der Waals surface area contributed by atoms with E-state index in [9.17, 15) is 4.79 Å². The second-order valence-electron chi connectivity index (χ2n) is 5.15. The predicted molar refractivity (Wildman–Crippen MR) is 94.8 cm³/mol. The molecule has 4 aromatic rings. The third kappa shape index (κ3) is 1.90. The lowest BCUT2D eigenvalue weighted by Gasteiger charge is -2.16. The molecule has 0 N–H and O–H groups in total. The number of halogens is 1. The third-order valence-electron chi connectivity index (χ3n) is 3.86. The molecule has 1 aromatic heterocycles. The third-order valence-corrected chi connectivity index (χ3v) is 4.50. The van der Waals surface area contributed by atoms with Crippen LogP contribution in [0.25, 0.3) is 27.5 Å². The summed E-state index contributed by atoms with van der Waals surface area (Å²) in [5.74, 6) is 0. The van der Waals surface area contributed by atoms with Gasteiger partial charge >= 0.3 is 0 Å². The maximum atomic E-state index is 12.8. The van der Waals surface area contributed by atoms with Crippen LogP contribution < -0.4 is 5.43 Å². The standard InChI is InChI=1S/C19H12BrNO/c20-16-11-6-10-15-18(16)21(13-7-2-1-3-8-13)17-12-5-4-9-14(17)19(15)22/h1-12H. The van der Waals surface area contributed by atoms with Crippen molar-refractivity contribution in [3.05, 3.63) is 87.5 Å². The zero-order chi connectivity index (χ0) is 15.1. The van der Waals surface area contributed by atoms with Crippen molar-refractivity contribution in [3.63, 3.8) is 0 Å². The van der Waals surface area contributed by atoms with E-state index in [-0.39, 0.29) is 5.43 Å². The molecule has 3 heteroatoms. The Labute approximate surface area is 135 Å². The van der Waals surface area contributed by atoms with Crippen molar-refractivity contribution < 1.29 is 0 Å². The van der Waals surface area contributed by atoms with Gasteiger partial charge in [0.25, 0.3) is 0 Å². The van der Waals surface area contributed by atoms with E-state index in [1.54, 1.807) is 0 Å². The van der Waals surface area contributed by atoms with Gasteiger partial charge in [-0.05, 0) is 52.3 Å². The molecular weight excluding hydrogens is 338 g/mol. The lowest BCUT2D eigenvalue weighted by atomic mass is 10.1. The minimum Gasteiger partial charge on any atom is -0.308 e. The second kappa shape index (κ2) is 5.11. The summed E-state index contributed by atoms with van der Waals surface area (Å²) in [6, 6.07) is 23.6. The van der Waals surface area contributed by atoms with Crippen molar-refractivity contribution in [1.29, 1.82) is 0 Å². The average Bonchev–Trinajstić information content (AvgIpc) is 2.57. The number of rotatable bonds is 1. The van der Waals surface area contributed by atoms with Crippen LogP contribution in [0.3, 0.4) is 0 Å². The first-order chi connectivity index (χ1) is 10.8. The monoisotopic (exact) mass is 349 g/mol. The highest BCUT2D eigenvalue weighted by Gasteiger charge is 2.13. The molecule has 1 heterocycles. The normalized spacial score (nSPS) is 11.1. The molecule has 0 amide bonds. The van der Waals surface area contributed by atoms with Crippen molar-refractivity contribution >= 4 is 37.7 Å². The summed E-state index contributed by atoms with van der Waals surface area (Å²) in [6.07, 6.45) is 0. The van der Waals surface area contributed by atoms with Gasteiger partial charge in [-0.3, -0.25) is 4.79 Å². The van der Waals surface area contributed by atoms with Crippen LogP contribution in [0.5, 0.6) is 0 Å². The molecule has 3 aromatic carbocycles. The Kier molecular flexibility index (Phi) is 3.09. The van der Waals surface area contributed by atoms with Crippen LogP contribution in [-0.4, -0.2) is 4.57 Å². The van der Waals surface area contributed by atoms with E-state index < -0.39 is 0 Å². The number of nitrogens with zero attached hydrogens (tertiary/aromatic N) is 1. The second-order valence-corrected chi connectivity index (χ2v) is 6.01. The maximum Gasteiger partial charge on any atom is 0.197 e. The van der Waals surface area contributed by atoms with Crippen LogP contribution in [0.4, 0.5) is 0 Å². The van der Waals surface area contributed by atoms with Gasteiger partial charge in [0, 0.05) is 20.9 Å². The number of benzene rings is 3. The number of aromatic nitrogens is 1. The summed E-state index contributed by atoms with van der Waals surface area (Å²) in [5, 5.41) is 1.45. The Hall–Kier alpha value is -2.39. The molecular formula is C19H12BrNO. The molecule has 0 aliphatic heterocycles. The van der Waals surface area contributed by atoms with Gasteiger partial charge in [-0.15, -0.1) is 0 Å². The Morgan fingerprint density at radius 3 is 2.23 bits per heavy atom. The van der Waals surface area contributed by atoms with Crippen molar-refractivity contribution in [3.8, 4) is 5.69 Å². The highest BCUT2D eigenvalue weighted by Crippen LogP contribution is 2.28. The quantitative estimate of drug-likeness (QED) is 0.447. The fourth-order valence-corrected chi connectivity index (χ4v) is 3.44. The van der Waals surface area contributed by atoms with E-state index in [2.05, 4.69) is 32.6 Å². The van der Waals surface area contributed by atoms with E-state index in [4.69, 9.17) is 0 Å². The molecule has 0 atom stereocenters. The fraction of sp³-hybridized carbons (Fsp3) is 0. The van der Waals surface area contributed by atoms with Crippen LogP contribution in [0.2, 0.25) is 0 Å². The molecule has 106 valence electrons. The van der Waals surface area contributed by atoms with Gasteiger partial charge in [-0.2, -0.15) is 0 Å². The molecule has 0 saturated carbocycles. The summed E-state index contributed by atoms with van der Waals surface area (Å²) in [6.45, 7) is 0. The largest absolute Gasteiger partial charge is 0.308 e. The first kappa shape index (κ1) is 13.3. The van der Waals surface area contributed by atoms with Crippen molar-refractivity contribution in [2.24, 2.45) is 0 Å². The Bertz CT molecular complexity index is 1050. The number of fused-ring (bicyclic) bond motifs is 2. The zero-order valence-electron chi connectivity index (χ0n) is 11.7. The van der Waals surface area contributed by atoms with E-state index in [0.717, 1.165) is 32.0 Å². The molecule has 0 radical (unpaired) electrons. The number of para-hydroxylation sites is 3. The van der Waals surface area contributed by atoms with E-state index in [1.807, 2.05) is 60.7 Å². The minimum atomic E-state index is 0.0686. The topological polar surface area (TPSA) is 22.0 Å². The van der Waals surface area contributed by atoms with Crippen LogP contribution in [0.15, 0.2) is 82.1 Å². The number of hydrogen-bond acceptors (Lipinski definition) is 1. The van der Waals surface area contributed by atoms with Gasteiger partial charge in [0.05, 0.1) is 11.0 Å². The summed E-state index contributed by atoms with van der Waals surface area (Å²) in [7, 11) is 0. The number of pyridine rings is 1. The van der Waals surface area contributed by atoms with Crippen LogP contribution in [-0.2, 0) is 0 Å². The van der Waals surface area contributed by atoms with Gasteiger partial charge in [0.2, 0.25) is 0 Å². The first-order valence-electron chi connectivity index (χ1n) is 7.05. The fourth-order valence-electron chi connectivity index (χ4n) is 2.90. The molecule has 0 saturated heterocycles. The summed E-state index contributed by atoms with van der Waals surface area (Å²) in [5.41, 5.74) is 2.92. The molecule has 22 heavy (non-hydrogen) atoms. The molecule has 0 unspecified atom stereocenters. The minimum absolute atomic E-state index is 0.0686. The Morgan fingerprint density at radius 2 is 1.41 bits per heavy atom. The molecule has 0 bridgehead atoms. The van der Waals surface area contributed by atoms with Crippen LogP contribution in [0, 0.1) is 0 Å². The summed E-state index contributed by atoms with van der Waals surface area (Å²) < 4.78 is 3.05. The van der Waals surface area contributed by atoms with Gasteiger partial charge in [0.1, 0.15) is 0 Å². The molecule has 0 aliphatic rings. The van der Waals surface area contributed by atoms with Crippen molar-refractivity contribution in [1.82, 2.24) is 4.57 Å². The average molecular weight is 350 g/mol. The molecule has 2 nitrogen and oxygen atoms in total. The molecule has 0 spiro atoms.